The molecule has 0 N–H and O–H groups in total. The van der Waals surface area contributed by atoms with Gasteiger partial charge in [-0.1, -0.05) is 0 Å². The Bertz CT molecular complexity index is 299. The molecule has 12 heavy (non-hydrogen) atoms. The van der Waals surface area contributed by atoms with E-state index in [1.165, 1.54) is 5.56 Å². The van der Waals surface area contributed by atoms with E-state index in [9.17, 15) is 4.79 Å². The smallest absolute Gasteiger partial charge is 0.126 e. The molecule has 1 heterocycles. The number of hydrogen-bond donors (Lipinski definition) is 0. The summed E-state index contributed by atoms with van der Waals surface area (Å²) in [5.41, 5.74) is 1.14. The minimum absolute atomic E-state index is 0.0248. The first-order chi connectivity index (χ1) is 5.74. The second-order valence-corrected chi connectivity index (χ2v) is 3.68. The zero-order chi connectivity index (χ0) is 8.60. The van der Waals surface area contributed by atoms with Crippen LogP contribution in [0, 0.1) is 5.41 Å². The number of rotatable bonds is 3. The topological polar surface area (TPSA) is 34.9 Å². The molecule has 3 nitrogen and oxygen atoms in total. The van der Waals surface area contributed by atoms with Gasteiger partial charge in [0.2, 0.25) is 0 Å². The zero-order valence-electron chi connectivity index (χ0n) is 7.16. The van der Waals surface area contributed by atoms with Gasteiger partial charge >= 0.3 is 0 Å². The normalized spacial score (nSPS) is 19.1. The lowest BCUT2D eigenvalue weighted by molar-refractivity contribution is -0.112. The maximum absolute atomic E-state index is 10.7. The highest BCUT2D eigenvalue weighted by atomic mass is 16.1. The Kier molecular flexibility index (Phi) is 1.53. The van der Waals surface area contributed by atoms with Crippen molar-refractivity contribution in [2.45, 2.75) is 19.3 Å². The standard InChI is InChI=1S/C9H12N2O/c1-11-6-8(5-10-11)4-9(7-12)2-3-9/h5-7H,2-4H2,1H3. The van der Waals surface area contributed by atoms with Crippen molar-refractivity contribution in [1.82, 2.24) is 9.78 Å². The second kappa shape index (κ2) is 2.44. The molecule has 0 amide bonds. The van der Waals surface area contributed by atoms with Gasteiger partial charge in [-0.05, 0) is 24.8 Å². The summed E-state index contributed by atoms with van der Waals surface area (Å²) in [6.45, 7) is 0. The van der Waals surface area contributed by atoms with Gasteiger partial charge in [-0.2, -0.15) is 5.10 Å². The molecular formula is C9H12N2O. The van der Waals surface area contributed by atoms with Gasteiger partial charge < -0.3 is 4.79 Å². The van der Waals surface area contributed by atoms with Crippen LogP contribution in [0.15, 0.2) is 12.4 Å². The molecule has 1 fully saturated rings. The molecule has 0 aliphatic heterocycles. The van der Waals surface area contributed by atoms with Crippen LogP contribution >= 0.6 is 0 Å². The summed E-state index contributed by atoms with van der Waals surface area (Å²) in [6.07, 6.45) is 7.87. The zero-order valence-corrected chi connectivity index (χ0v) is 7.16. The van der Waals surface area contributed by atoms with Crippen molar-refractivity contribution < 1.29 is 4.79 Å². The lowest BCUT2D eigenvalue weighted by Gasteiger charge is -2.02. The number of aryl methyl sites for hydroxylation is 1. The minimum Gasteiger partial charge on any atom is -0.303 e. The fourth-order valence-corrected chi connectivity index (χ4v) is 1.47. The van der Waals surface area contributed by atoms with Crippen molar-refractivity contribution in [3.05, 3.63) is 18.0 Å². The Morgan fingerprint density at radius 2 is 2.50 bits per heavy atom. The Balaban J connectivity index is 2.08. The minimum atomic E-state index is -0.0248. The van der Waals surface area contributed by atoms with Crippen LogP contribution in [0.4, 0.5) is 0 Å². The Morgan fingerprint density at radius 1 is 1.75 bits per heavy atom. The van der Waals surface area contributed by atoms with Gasteiger partial charge in [0.1, 0.15) is 6.29 Å². The Morgan fingerprint density at radius 3 is 2.92 bits per heavy atom. The summed E-state index contributed by atoms with van der Waals surface area (Å²) >= 11 is 0. The highest BCUT2D eigenvalue weighted by Crippen LogP contribution is 2.46. The molecule has 2 rings (SSSR count). The molecule has 1 aliphatic rings. The fourth-order valence-electron chi connectivity index (χ4n) is 1.47. The van der Waals surface area contributed by atoms with E-state index in [1.807, 2.05) is 19.4 Å². The van der Waals surface area contributed by atoms with Gasteiger partial charge in [0.15, 0.2) is 0 Å². The molecule has 0 spiro atoms. The molecule has 1 saturated carbocycles. The first-order valence-electron chi connectivity index (χ1n) is 4.18. The van der Waals surface area contributed by atoms with Crippen LogP contribution in [0.25, 0.3) is 0 Å². The van der Waals surface area contributed by atoms with Crippen LogP contribution in [-0.4, -0.2) is 16.1 Å². The van der Waals surface area contributed by atoms with Gasteiger partial charge in [-0.3, -0.25) is 4.68 Å². The van der Waals surface area contributed by atoms with E-state index in [4.69, 9.17) is 0 Å². The number of aldehydes is 1. The van der Waals surface area contributed by atoms with E-state index in [0.717, 1.165) is 25.5 Å². The molecule has 1 aliphatic carbocycles. The van der Waals surface area contributed by atoms with Crippen molar-refractivity contribution >= 4 is 6.29 Å². The van der Waals surface area contributed by atoms with E-state index >= 15 is 0 Å². The van der Waals surface area contributed by atoms with Gasteiger partial charge in [0.25, 0.3) is 0 Å². The largest absolute Gasteiger partial charge is 0.303 e. The summed E-state index contributed by atoms with van der Waals surface area (Å²) in [4.78, 5) is 10.7. The Hall–Kier alpha value is -1.12. The first-order valence-corrected chi connectivity index (χ1v) is 4.18. The van der Waals surface area contributed by atoms with Crippen molar-refractivity contribution in [3.8, 4) is 0 Å². The lowest BCUT2D eigenvalue weighted by atomic mass is 10.0. The number of aromatic nitrogens is 2. The predicted molar refractivity (Wildman–Crippen MR) is 44.6 cm³/mol. The van der Waals surface area contributed by atoms with Crippen molar-refractivity contribution in [3.63, 3.8) is 0 Å². The Labute approximate surface area is 71.4 Å². The van der Waals surface area contributed by atoms with Crippen LogP contribution in [0.1, 0.15) is 18.4 Å². The van der Waals surface area contributed by atoms with Crippen molar-refractivity contribution in [2.24, 2.45) is 12.5 Å². The number of carbonyl (C=O) groups excluding carboxylic acids is 1. The third-order valence-electron chi connectivity index (χ3n) is 2.46. The summed E-state index contributed by atoms with van der Waals surface area (Å²) in [5.74, 6) is 0. The molecule has 0 atom stereocenters. The van der Waals surface area contributed by atoms with Gasteiger partial charge in [0.05, 0.1) is 6.20 Å². The fraction of sp³-hybridized carbons (Fsp3) is 0.556. The molecular weight excluding hydrogens is 152 g/mol. The number of nitrogens with zero attached hydrogens (tertiary/aromatic N) is 2. The quantitative estimate of drug-likeness (QED) is 0.623. The van der Waals surface area contributed by atoms with Gasteiger partial charge in [-0.15, -0.1) is 0 Å². The third-order valence-corrected chi connectivity index (χ3v) is 2.46. The average molecular weight is 164 g/mol. The van der Waals surface area contributed by atoms with Gasteiger partial charge in [0, 0.05) is 18.7 Å². The average Bonchev–Trinajstić information content (AvgIpc) is 2.71. The molecule has 1 aromatic rings. The number of hydrogen-bond acceptors (Lipinski definition) is 2. The summed E-state index contributed by atoms with van der Waals surface area (Å²) in [6, 6.07) is 0. The predicted octanol–water partition coefficient (Wildman–Crippen LogP) is 0.942. The lowest BCUT2D eigenvalue weighted by Crippen LogP contribution is -2.05. The van der Waals surface area contributed by atoms with Gasteiger partial charge in [-0.25, -0.2) is 0 Å². The molecule has 0 radical (unpaired) electrons. The summed E-state index contributed by atoms with van der Waals surface area (Å²) in [7, 11) is 1.89. The van der Waals surface area contributed by atoms with E-state index in [0.29, 0.717) is 0 Å². The van der Waals surface area contributed by atoms with E-state index < -0.39 is 0 Å². The molecule has 1 aromatic heterocycles. The monoisotopic (exact) mass is 164 g/mol. The third kappa shape index (κ3) is 1.26. The molecule has 64 valence electrons. The molecule has 0 unspecified atom stereocenters. The number of carbonyl (C=O) groups is 1. The highest BCUT2D eigenvalue weighted by molar-refractivity contribution is 5.64. The van der Waals surface area contributed by atoms with Crippen LogP contribution in [0.2, 0.25) is 0 Å². The van der Waals surface area contributed by atoms with Crippen LogP contribution in [0.3, 0.4) is 0 Å². The summed E-state index contributed by atoms with van der Waals surface area (Å²) < 4.78 is 1.77. The highest BCUT2D eigenvalue weighted by Gasteiger charge is 2.42. The van der Waals surface area contributed by atoms with Crippen molar-refractivity contribution in [1.29, 1.82) is 0 Å². The van der Waals surface area contributed by atoms with Crippen LogP contribution in [0.5, 0.6) is 0 Å². The first kappa shape index (κ1) is 7.53. The van der Waals surface area contributed by atoms with Crippen LogP contribution < -0.4 is 0 Å². The molecule has 3 heteroatoms. The maximum Gasteiger partial charge on any atom is 0.126 e. The van der Waals surface area contributed by atoms with E-state index in [2.05, 4.69) is 5.10 Å². The van der Waals surface area contributed by atoms with E-state index in [1.54, 1.807) is 4.68 Å². The second-order valence-electron chi connectivity index (χ2n) is 3.68. The molecule has 0 bridgehead atoms. The van der Waals surface area contributed by atoms with E-state index in [-0.39, 0.29) is 5.41 Å². The maximum atomic E-state index is 10.7. The molecule has 0 saturated heterocycles. The molecule has 0 aromatic carbocycles. The SMILES string of the molecule is Cn1cc(CC2(C=O)CC2)cn1. The van der Waals surface area contributed by atoms with Crippen LogP contribution in [-0.2, 0) is 18.3 Å². The summed E-state index contributed by atoms with van der Waals surface area (Å²) in [5, 5.41) is 4.06. The van der Waals surface area contributed by atoms with Crippen molar-refractivity contribution in [2.75, 3.05) is 0 Å².